The topological polar surface area (TPSA) is 62.0 Å². The van der Waals surface area contributed by atoms with E-state index >= 15 is 0 Å². The number of aromatic nitrogens is 1. The molecule has 0 radical (unpaired) electrons. The Morgan fingerprint density at radius 1 is 1.04 bits per heavy atom. The number of aromatic hydroxyl groups is 1. The Morgan fingerprint density at radius 3 is 2.48 bits per heavy atom. The average Bonchev–Trinajstić information content (AvgIpc) is 3.18. The number of methoxy groups -OCH3 is 1. The first-order valence-electron chi connectivity index (χ1n) is 9.08. The molecule has 6 heteroatoms. The highest BCUT2D eigenvalue weighted by Gasteiger charge is 2.20. The number of hydrogen-bond donors (Lipinski definition) is 1. The highest BCUT2D eigenvalue weighted by Crippen LogP contribution is 2.28. The van der Waals surface area contributed by atoms with Crippen LogP contribution in [0, 0.1) is 0 Å². The zero-order valence-electron chi connectivity index (χ0n) is 15.3. The molecular formula is C21H23N3O3. The molecule has 6 nitrogen and oxygen atoms in total. The average molecular weight is 365 g/mol. The first-order valence-corrected chi connectivity index (χ1v) is 9.08. The Labute approximate surface area is 158 Å². The number of anilines is 1. The molecule has 4 rings (SSSR count). The van der Waals surface area contributed by atoms with E-state index in [-0.39, 0.29) is 0 Å². The maximum atomic E-state index is 10.0. The van der Waals surface area contributed by atoms with E-state index in [1.54, 1.807) is 13.2 Å². The Kier molecular flexibility index (Phi) is 4.98. The van der Waals surface area contributed by atoms with Gasteiger partial charge in [-0.15, -0.1) is 0 Å². The zero-order chi connectivity index (χ0) is 18.6. The van der Waals surface area contributed by atoms with Crippen molar-refractivity contribution in [3.05, 3.63) is 60.4 Å². The maximum absolute atomic E-state index is 10.0. The van der Waals surface area contributed by atoms with E-state index in [9.17, 15) is 5.11 Å². The third kappa shape index (κ3) is 3.90. The molecule has 0 aliphatic carbocycles. The van der Waals surface area contributed by atoms with Gasteiger partial charge in [-0.1, -0.05) is 17.3 Å². The molecule has 1 N–H and O–H groups in total. The third-order valence-electron chi connectivity index (χ3n) is 4.92. The lowest BCUT2D eigenvalue weighted by Gasteiger charge is -2.35. The molecule has 2 aromatic carbocycles. The summed E-state index contributed by atoms with van der Waals surface area (Å²) in [5.41, 5.74) is 2.74. The molecule has 0 unspecified atom stereocenters. The van der Waals surface area contributed by atoms with Crippen LogP contribution in [0.3, 0.4) is 0 Å². The molecule has 2 heterocycles. The normalized spacial score (nSPS) is 15.1. The van der Waals surface area contributed by atoms with E-state index in [1.165, 1.54) is 0 Å². The fraction of sp³-hybridized carbons (Fsp3) is 0.286. The van der Waals surface area contributed by atoms with Gasteiger partial charge >= 0.3 is 0 Å². The Morgan fingerprint density at radius 2 is 1.78 bits per heavy atom. The molecule has 1 aliphatic heterocycles. The second-order valence-electron chi connectivity index (χ2n) is 6.66. The molecule has 3 aromatic rings. The van der Waals surface area contributed by atoms with Gasteiger partial charge in [0.25, 0.3) is 0 Å². The molecule has 1 fully saturated rings. The van der Waals surface area contributed by atoms with E-state index in [0.29, 0.717) is 5.75 Å². The number of nitrogens with zero attached hydrogens (tertiary/aromatic N) is 3. The van der Waals surface area contributed by atoms with Crippen molar-refractivity contribution < 1.29 is 14.4 Å². The van der Waals surface area contributed by atoms with Gasteiger partial charge in [-0.05, 0) is 36.4 Å². The summed E-state index contributed by atoms with van der Waals surface area (Å²) in [6.07, 6.45) is 0. The van der Waals surface area contributed by atoms with E-state index in [0.717, 1.165) is 61.2 Å². The van der Waals surface area contributed by atoms with Gasteiger partial charge < -0.3 is 19.3 Å². The second kappa shape index (κ2) is 7.72. The number of benzene rings is 2. The van der Waals surface area contributed by atoms with Crippen LogP contribution < -0.4 is 9.64 Å². The SMILES string of the molecule is COc1ccc(-c2cc(CN3CCN(c4ccccc4O)CC3)on2)cc1. The maximum Gasteiger partial charge on any atom is 0.151 e. The molecule has 0 atom stereocenters. The van der Waals surface area contributed by atoms with Crippen molar-refractivity contribution in [2.24, 2.45) is 0 Å². The summed E-state index contributed by atoms with van der Waals surface area (Å²) in [5, 5.41) is 14.2. The van der Waals surface area contributed by atoms with Gasteiger partial charge in [0.05, 0.1) is 19.3 Å². The van der Waals surface area contributed by atoms with Crippen LogP contribution in [-0.4, -0.2) is 48.5 Å². The van der Waals surface area contributed by atoms with E-state index in [2.05, 4.69) is 15.0 Å². The van der Waals surface area contributed by atoms with Crippen LogP contribution in [0.2, 0.25) is 0 Å². The van der Waals surface area contributed by atoms with Gasteiger partial charge in [-0.3, -0.25) is 4.90 Å². The van der Waals surface area contributed by atoms with Gasteiger partial charge in [-0.25, -0.2) is 0 Å². The van der Waals surface area contributed by atoms with Crippen LogP contribution in [0.25, 0.3) is 11.3 Å². The fourth-order valence-electron chi connectivity index (χ4n) is 3.38. The summed E-state index contributed by atoms with van der Waals surface area (Å²) in [5.74, 6) is 2.02. The third-order valence-corrected chi connectivity index (χ3v) is 4.92. The molecule has 27 heavy (non-hydrogen) atoms. The van der Waals surface area contributed by atoms with Crippen molar-refractivity contribution >= 4 is 5.69 Å². The minimum Gasteiger partial charge on any atom is -0.506 e. The van der Waals surface area contributed by atoms with Gasteiger partial charge in [0.2, 0.25) is 0 Å². The van der Waals surface area contributed by atoms with Crippen LogP contribution in [0.4, 0.5) is 5.69 Å². The summed E-state index contributed by atoms with van der Waals surface area (Å²) < 4.78 is 10.7. The van der Waals surface area contributed by atoms with Crippen molar-refractivity contribution in [1.82, 2.24) is 10.1 Å². The number of hydrogen-bond acceptors (Lipinski definition) is 6. The van der Waals surface area contributed by atoms with E-state index < -0.39 is 0 Å². The quantitative estimate of drug-likeness (QED) is 0.748. The minimum atomic E-state index is 0.338. The van der Waals surface area contributed by atoms with Crippen molar-refractivity contribution in [2.45, 2.75) is 6.54 Å². The van der Waals surface area contributed by atoms with Gasteiger partial charge in [0.15, 0.2) is 5.76 Å². The van der Waals surface area contributed by atoms with Crippen LogP contribution in [0.5, 0.6) is 11.5 Å². The van der Waals surface area contributed by atoms with Crippen molar-refractivity contribution in [1.29, 1.82) is 0 Å². The van der Waals surface area contributed by atoms with Gasteiger partial charge in [0, 0.05) is 37.8 Å². The van der Waals surface area contributed by atoms with E-state index in [4.69, 9.17) is 9.26 Å². The van der Waals surface area contributed by atoms with Gasteiger partial charge in [-0.2, -0.15) is 0 Å². The monoisotopic (exact) mass is 365 g/mol. The summed E-state index contributed by atoms with van der Waals surface area (Å²) in [6.45, 7) is 4.30. The first-order chi connectivity index (χ1) is 13.2. The number of phenols is 1. The lowest BCUT2D eigenvalue weighted by molar-refractivity contribution is 0.219. The van der Waals surface area contributed by atoms with E-state index in [1.807, 2.05) is 48.5 Å². The van der Waals surface area contributed by atoms with Crippen molar-refractivity contribution in [2.75, 3.05) is 38.2 Å². The number of piperazine rings is 1. The molecule has 0 saturated carbocycles. The molecular weight excluding hydrogens is 342 g/mol. The number of ether oxygens (including phenoxy) is 1. The molecule has 140 valence electrons. The van der Waals surface area contributed by atoms with Gasteiger partial charge in [0.1, 0.15) is 17.2 Å². The lowest BCUT2D eigenvalue weighted by Crippen LogP contribution is -2.45. The zero-order valence-corrected chi connectivity index (χ0v) is 15.3. The summed E-state index contributed by atoms with van der Waals surface area (Å²) in [7, 11) is 1.65. The number of para-hydroxylation sites is 2. The first kappa shape index (κ1) is 17.4. The summed E-state index contributed by atoms with van der Waals surface area (Å²) in [6, 6.07) is 17.3. The predicted octanol–water partition coefficient (Wildman–Crippen LogP) is 3.38. The molecule has 1 aliphatic rings. The van der Waals surface area contributed by atoms with Crippen LogP contribution >= 0.6 is 0 Å². The van der Waals surface area contributed by atoms with Crippen molar-refractivity contribution in [3.63, 3.8) is 0 Å². The van der Waals surface area contributed by atoms with Crippen LogP contribution in [0.15, 0.2) is 59.1 Å². The summed E-state index contributed by atoms with van der Waals surface area (Å²) in [4.78, 5) is 4.56. The largest absolute Gasteiger partial charge is 0.506 e. The number of rotatable bonds is 5. The molecule has 0 spiro atoms. The molecule has 1 aromatic heterocycles. The summed E-state index contributed by atoms with van der Waals surface area (Å²) >= 11 is 0. The highest BCUT2D eigenvalue weighted by molar-refractivity contribution is 5.60. The number of phenolic OH excluding ortho intramolecular Hbond substituents is 1. The Balaban J connectivity index is 1.35. The smallest absolute Gasteiger partial charge is 0.151 e. The Hall–Kier alpha value is -2.99. The van der Waals surface area contributed by atoms with Crippen LogP contribution in [0.1, 0.15) is 5.76 Å². The van der Waals surface area contributed by atoms with Crippen LogP contribution in [-0.2, 0) is 6.54 Å². The molecule has 1 saturated heterocycles. The minimum absolute atomic E-state index is 0.338. The second-order valence-corrected chi connectivity index (χ2v) is 6.66. The Bertz CT molecular complexity index is 884. The van der Waals surface area contributed by atoms with Crippen molar-refractivity contribution in [3.8, 4) is 22.8 Å². The predicted molar refractivity (Wildman–Crippen MR) is 104 cm³/mol. The fourth-order valence-corrected chi connectivity index (χ4v) is 3.38. The lowest BCUT2D eigenvalue weighted by atomic mass is 10.1. The highest BCUT2D eigenvalue weighted by atomic mass is 16.5. The standard InChI is InChI=1S/C21H23N3O3/c1-26-17-8-6-16(7-9-17)19-14-18(27-22-19)15-23-10-12-24(13-11-23)20-4-2-3-5-21(20)25/h2-9,14,25H,10-13,15H2,1H3. The molecule has 0 amide bonds. The molecule has 0 bridgehead atoms.